The zero-order valence-electron chi connectivity index (χ0n) is 33.3. The molecule has 0 saturated carbocycles. The molecule has 282 valence electrons. The second kappa shape index (κ2) is 12.7. The summed E-state index contributed by atoms with van der Waals surface area (Å²) in [6, 6.07) is 59.1. The normalized spacial score (nSPS) is 15.8. The van der Waals surface area contributed by atoms with Gasteiger partial charge in [0.15, 0.2) is 0 Å². The summed E-state index contributed by atoms with van der Waals surface area (Å²) in [5.41, 5.74) is 16.7. The molecule has 1 atom stereocenters. The van der Waals surface area contributed by atoms with Gasteiger partial charge in [-0.1, -0.05) is 142 Å². The molecule has 0 fully saturated rings. The summed E-state index contributed by atoms with van der Waals surface area (Å²) in [6.45, 7) is 7.10. The third kappa shape index (κ3) is 5.14. The van der Waals surface area contributed by atoms with Gasteiger partial charge in [-0.15, -0.1) is 0 Å². The highest BCUT2D eigenvalue weighted by molar-refractivity contribution is 6.24. The number of furan rings is 2. The lowest BCUT2D eigenvalue weighted by Crippen LogP contribution is -2.18. The van der Waals surface area contributed by atoms with Crippen LogP contribution in [-0.2, 0) is 5.41 Å². The van der Waals surface area contributed by atoms with Crippen molar-refractivity contribution in [1.29, 1.82) is 0 Å². The molecular formula is C56H41NO2. The Hall–Kier alpha value is -7.10. The summed E-state index contributed by atoms with van der Waals surface area (Å²) in [6.07, 6.45) is 6.04. The van der Waals surface area contributed by atoms with E-state index in [1.54, 1.807) is 0 Å². The third-order valence-electron chi connectivity index (χ3n) is 12.9. The maximum absolute atomic E-state index is 6.99. The van der Waals surface area contributed by atoms with E-state index < -0.39 is 0 Å². The van der Waals surface area contributed by atoms with Crippen molar-refractivity contribution in [3.05, 3.63) is 193 Å². The molecule has 10 aromatic rings. The molecule has 3 nitrogen and oxygen atoms in total. The Morgan fingerprint density at radius 2 is 1.31 bits per heavy atom. The summed E-state index contributed by atoms with van der Waals surface area (Å²) in [4.78, 5) is 2.44. The van der Waals surface area contributed by atoms with Gasteiger partial charge in [0.25, 0.3) is 0 Å². The highest BCUT2D eigenvalue weighted by Gasteiger charge is 2.40. The number of anilines is 3. The van der Waals surface area contributed by atoms with Crippen LogP contribution in [0.1, 0.15) is 38.3 Å². The molecule has 0 N–H and O–H groups in total. The molecule has 2 aliphatic rings. The van der Waals surface area contributed by atoms with Gasteiger partial charge in [-0.05, 0) is 111 Å². The summed E-state index contributed by atoms with van der Waals surface area (Å²) in [5, 5.41) is 6.62. The number of nitrogens with zero attached hydrogens (tertiary/aromatic N) is 1. The summed E-state index contributed by atoms with van der Waals surface area (Å²) >= 11 is 0. The van der Waals surface area contributed by atoms with Crippen molar-refractivity contribution in [3.8, 4) is 22.3 Å². The van der Waals surface area contributed by atoms with Gasteiger partial charge in [-0.25, -0.2) is 0 Å². The first kappa shape index (κ1) is 34.0. The lowest BCUT2D eigenvalue weighted by atomic mass is 9.79. The largest absolute Gasteiger partial charge is 0.456 e. The molecule has 0 saturated heterocycles. The van der Waals surface area contributed by atoms with Gasteiger partial charge in [0, 0.05) is 49.5 Å². The second-order valence-corrected chi connectivity index (χ2v) is 16.9. The Kier molecular flexibility index (Phi) is 7.32. The summed E-state index contributed by atoms with van der Waals surface area (Å²) in [5.74, 6) is 0.537. The van der Waals surface area contributed by atoms with E-state index in [4.69, 9.17) is 8.83 Å². The predicted octanol–water partition coefficient (Wildman–Crippen LogP) is 16.1. The minimum absolute atomic E-state index is 0.113. The Labute approximate surface area is 343 Å². The van der Waals surface area contributed by atoms with Crippen LogP contribution in [0, 0.1) is 5.92 Å². The molecule has 12 rings (SSSR count). The number of benzene rings is 8. The van der Waals surface area contributed by atoms with Gasteiger partial charge < -0.3 is 13.7 Å². The summed E-state index contributed by atoms with van der Waals surface area (Å²) < 4.78 is 13.7. The van der Waals surface area contributed by atoms with E-state index in [0.717, 1.165) is 78.5 Å². The quantitative estimate of drug-likeness (QED) is 0.175. The van der Waals surface area contributed by atoms with Gasteiger partial charge in [-0.2, -0.15) is 0 Å². The van der Waals surface area contributed by atoms with Crippen LogP contribution in [0.25, 0.3) is 82.5 Å². The number of allylic oxidation sites excluding steroid dienone is 4. The number of hydrogen-bond donors (Lipinski definition) is 0. The molecule has 2 heterocycles. The average molecular weight is 760 g/mol. The first-order valence-corrected chi connectivity index (χ1v) is 20.7. The molecule has 2 aromatic heterocycles. The van der Waals surface area contributed by atoms with Crippen LogP contribution in [-0.4, -0.2) is 0 Å². The van der Waals surface area contributed by atoms with E-state index in [1.165, 1.54) is 44.2 Å². The maximum Gasteiger partial charge on any atom is 0.144 e. The zero-order valence-corrected chi connectivity index (χ0v) is 33.3. The van der Waals surface area contributed by atoms with E-state index in [2.05, 4.69) is 196 Å². The van der Waals surface area contributed by atoms with Crippen molar-refractivity contribution in [1.82, 2.24) is 0 Å². The number of fused-ring (bicyclic) bond motifs is 10. The van der Waals surface area contributed by atoms with Crippen LogP contribution < -0.4 is 4.90 Å². The molecule has 0 radical (unpaired) electrons. The number of hydrogen-bond acceptors (Lipinski definition) is 3. The van der Waals surface area contributed by atoms with Gasteiger partial charge in [-0.3, -0.25) is 0 Å². The standard InChI is InChI=1S/C56H41NO2/c1-34-21-26-42-43-27-24-40(32-48(43)56(2,3)47(42)29-34)57(49-19-11-9-17-41(49)36-14-5-4-6-15-36)39-25-28-51-45(31-39)46-33-52-54(44-18-10-12-20-50(44)58-52)53(55(46)59-51)38-23-22-35-13-7-8-16-37(35)30-38/h4-20,22-34H,21H2,1-3H3. The third-order valence-corrected chi connectivity index (χ3v) is 12.9. The Morgan fingerprint density at radius 1 is 0.559 bits per heavy atom. The van der Waals surface area contributed by atoms with Gasteiger partial charge in [0.2, 0.25) is 0 Å². The molecule has 3 heteroatoms. The SMILES string of the molecule is CC1C=C2C(=CC1)c1ccc(N(c3ccc4oc5c(-c6ccc7ccccc7c6)c6c(cc5c4c3)oc3ccccc36)c3ccccc3-c3ccccc3)cc1C2(C)C. The highest BCUT2D eigenvalue weighted by Crippen LogP contribution is 2.54. The highest BCUT2D eigenvalue weighted by atomic mass is 16.3. The van der Waals surface area contributed by atoms with Crippen LogP contribution in [0.3, 0.4) is 0 Å². The van der Waals surface area contributed by atoms with Crippen LogP contribution in [0.2, 0.25) is 0 Å². The van der Waals surface area contributed by atoms with Gasteiger partial charge in [0.1, 0.15) is 22.3 Å². The minimum atomic E-state index is -0.113. The fourth-order valence-electron chi connectivity index (χ4n) is 10.0. The lowest BCUT2D eigenvalue weighted by molar-refractivity contribution is 0.633. The smallest absolute Gasteiger partial charge is 0.144 e. The second-order valence-electron chi connectivity index (χ2n) is 16.9. The van der Waals surface area contributed by atoms with Crippen molar-refractivity contribution in [2.24, 2.45) is 5.92 Å². The fourth-order valence-corrected chi connectivity index (χ4v) is 10.0. The van der Waals surface area contributed by atoms with Gasteiger partial charge >= 0.3 is 0 Å². The molecule has 0 spiro atoms. The molecule has 59 heavy (non-hydrogen) atoms. The molecule has 8 aromatic carbocycles. The monoisotopic (exact) mass is 759 g/mol. The van der Waals surface area contributed by atoms with Crippen LogP contribution >= 0.6 is 0 Å². The first-order chi connectivity index (χ1) is 28.9. The van der Waals surface area contributed by atoms with Gasteiger partial charge in [0.05, 0.1) is 5.69 Å². The average Bonchev–Trinajstić information content (AvgIpc) is 3.90. The number of rotatable bonds is 5. The molecule has 1 unspecified atom stereocenters. The van der Waals surface area contributed by atoms with E-state index in [9.17, 15) is 0 Å². The topological polar surface area (TPSA) is 29.5 Å². The van der Waals surface area contributed by atoms with Crippen molar-refractivity contribution >= 4 is 77.3 Å². The first-order valence-electron chi connectivity index (χ1n) is 20.7. The van der Waals surface area contributed by atoms with Crippen LogP contribution in [0.5, 0.6) is 0 Å². The maximum atomic E-state index is 6.99. The molecule has 0 amide bonds. The fraction of sp³-hybridized carbons (Fsp3) is 0.107. The van der Waals surface area contributed by atoms with Crippen molar-refractivity contribution < 1.29 is 8.83 Å². The summed E-state index contributed by atoms with van der Waals surface area (Å²) in [7, 11) is 0. The molecule has 2 aliphatic carbocycles. The van der Waals surface area contributed by atoms with Crippen molar-refractivity contribution in [3.63, 3.8) is 0 Å². The molecule has 0 aliphatic heterocycles. The minimum Gasteiger partial charge on any atom is -0.456 e. The molecular weight excluding hydrogens is 719 g/mol. The Balaban J connectivity index is 1.12. The van der Waals surface area contributed by atoms with E-state index in [-0.39, 0.29) is 5.41 Å². The van der Waals surface area contributed by atoms with Crippen LogP contribution in [0.15, 0.2) is 190 Å². The van der Waals surface area contributed by atoms with Crippen molar-refractivity contribution in [2.45, 2.75) is 32.6 Å². The molecule has 0 bridgehead atoms. The predicted molar refractivity (Wildman–Crippen MR) is 247 cm³/mol. The zero-order chi connectivity index (χ0) is 39.4. The number of para-hydroxylation sites is 2. The lowest BCUT2D eigenvalue weighted by Gasteiger charge is -2.30. The Bertz CT molecular complexity index is 3410. The van der Waals surface area contributed by atoms with E-state index in [1.807, 2.05) is 6.07 Å². The Morgan fingerprint density at radius 3 is 2.20 bits per heavy atom. The van der Waals surface area contributed by atoms with E-state index in [0.29, 0.717) is 5.92 Å². The van der Waals surface area contributed by atoms with E-state index >= 15 is 0 Å². The van der Waals surface area contributed by atoms with Crippen molar-refractivity contribution in [2.75, 3.05) is 4.90 Å². The van der Waals surface area contributed by atoms with Crippen LogP contribution in [0.4, 0.5) is 17.1 Å².